The number of piperazine rings is 1. The molecule has 0 bridgehead atoms. The van der Waals surface area contributed by atoms with E-state index in [2.05, 4.69) is 31.9 Å². The number of nitrogens with one attached hydrogen (secondary N) is 3. The Morgan fingerprint density at radius 2 is 2.04 bits per heavy atom. The van der Waals surface area contributed by atoms with Crippen LogP contribution in [0, 0.1) is 6.92 Å². The summed E-state index contributed by atoms with van der Waals surface area (Å²) in [6, 6.07) is 9.41. The van der Waals surface area contributed by atoms with Crippen molar-refractivity contribution in [2.24, 2.45) is 0 Å². The number of hydrogen-bond donors (Lipinski definition) is 3. The molecule has 1 aromatic carbocycles. The van der Waals surface area contributed by atoms with Crippen molar-refractivity contribution < 1.29 is 4.79 Å². The molecule has 0 radical (unpaired) electrons. The first-order valence-electron chi connectivity index (χ1n) is 8.78. The number of aryl methyl sites for hydroxylation is 1. The van der Waals surface area contributed by atoms with E-state index in [-0.39, 0.29) is 18.4 Å². The van der Waals surface area contributed by atoms with Crippen molar-refractivity contribution in [2.45, 2.75) is 20.0 Å². The first-order chi connectivity index (χ1) is 12.6. The summed E-state index contributed by atoms with van der Waals surface area (Å²) in [6.45, 7) is 7.31. The highest BCUT2D eigenvalue weighted by Gasteiger charge is 2.11. The molecule has 27 heavy (non-hydrogen) atoms. The average Bonchev–Trinajstić information content (AvgIpc) is 2.65. The van der Waals surface area contributed by atoms with Gasteiger partial charge in [-0.1, -0.05) is 23.7 Å². The van der Waals surface area contributed by atoms with Gasteiger partial charge in [-0.2, -0.15) is 0 Å². The molecule has 0 spiro atoms. The summed E-state index contributed by atoms with van der Waals surface area (Å²) in [7, 11) is 0. The second-order valence-electron chi connectivity index (χ2n) is 6.45. The van der Waals surface area contributed by atoms with Crippen LogP contribution in [0.5, 0.6) is 0 Å². The minimum absolute atomic E-state index is 0. The van der Waals surface area contributed by atoms with E-state index in [1.807, 2.05) is 31.2 Å². The van der Waals surface area contributed by atoms with Crippen LogP contribution in [0.3, 0.4) is 0 Å². The Kier molecular flexibility index (Phi) is 8.31. The molecule has 3 rings (SSSR count). The lowest BCUT2D eigenvalue weighted by atomic mass is 10.1. The monoisotopic (exact) mass is 409 g/mol. The number of carbonyl (C=O) groups excluding carboxylic acids is 1. The first kappa shape index (κ1) is 21.4. The van der Waals surface area contributed by atoms with Crippen LogP contribution < -0.4 is 16.0 Å². The lowest BCUT2D eigenvalue weighted by molar-refractivity contribution is 0.233. The number of amides is 2. The number of aromatic nitrogens is 1. The number of benzene rings is 1. The van der Waals surface area contributed by atoms with Crippen molar-refractivity contribution in [3.63, 3.8) is 0 Å². The largest absolute Gasteiger partial charge is 0.334 e. The number of rotatable bonds is 5. The fourth-order valence-electron chi connectivity index (χ4n) is 2.88. The summed E-state index contributed by atoms with van der Waals surface area (Å²) >= 11 is 6.29. The highest BCUT2D eigenvalue weighted by atomic mass is 35.5. The van der Waals surface area contributed by atoms with Crippen LogP contribution >= 0.6 is 24.0 Å². The van der Waals surface area contributed by atoms with E-state index >= 15 is 0 Å². The molecule has 146 valence electrons. The molecular weight excluding hydrogens is 385 g/mol. The Morgan fingerprint density at radius 3 is 2.74 bits per heavy atom. The number of nitrogens with zero attached hydrogens (tertiary/aromatic N) is 2. The first-order valence-corrected chi connectivity index (χ1v) is 9.16. The fraction of sp³-hybridized carbons (Fsp3) is 0.368. The topological polar surface area (TPSA) is 69.3 Å². The van der Waals surface area contributed by atoms with Crippen LogP contribution in [0.1, 0.15) is 16.8 Å². The third-order valence-electron chi connectivity index (χ3n) is 4.33. The Labute approximate surface area is 171 Å². The second kappa shape index (κ2) is 10.5. The quantitative estimate of drug-likeness (QED) is 0.708. The van der Waals surface area contributed by atoms with Crippen LogP contribution in [0.25, 0.3) is 0 Å². The maximum atomic E-state index is 12.1. The summed E-state index contributed by atoms with van der Waals surface area (Å²) in [5.74, 6) is 0. The standard InChI is InChI=1S/C19H24ClN5O.ClH/c1-14-2-4-17(12-22-14)24-19(26)23-11-16-10-15(3-5-18(16)20)13-25-8-6-21-7-9-25;/h2-5,10,12,21H,6-9,11,13H2,1H3,(H2,23,24,26);1H. The molecule has 6 nitrogen and oxygen atoms in total. The average molecular weight is 410 g/mol. The smallest absolute Gasteiger partial charge is 0.319 e. The highest BCUT2D eigenvalue weighted by molar-refractivity contribution is 6.31. The van der Waals surface area contributed by atoms with Gasteiger partial charge in [-0.3, -0.25) is 9.88 Å². The summed E-state index contributed by atoms with van der Waals surface area (Å²) in [5.41, 5.74) is 3.68. The highest BCUT2D eigenvalue weighted by Crippen LogP contribution is 2.19. The predicted octanol–water partition coefficient (Wildman–Crippen LogP) is 3.19. The molecule has 1 aliphatic rings. The van der Waals surface area contributed by atoms with E-state index < -0.39 is 0 Å². The third kappa shape index (κ3) is 6.66. The van der Waals surface area contributed by atoms with E-state index in [4.69, 9.17) is 11.6 Å². The van der Waals surface area contributed by atoms with Crippen LogP contribution in [0.4, 0.5) is 10.5 Å². The number of anilines is 1. The molecular formula is C19H25Cl2N5O. The van der Waals surface area contributed by atoms with Crippen LogP contribution in [-0.4, -0.2) is 42.1 Å². The van der Waals surface area contributed by atoms with Crippen LogP contribution in [-0.2, 0) is 13.1 Å². The lowest BCUT2D eigenvalue weighted by Crippen LogP contribution is -2.42. The van der Waals surface area contributed by atoms with Crippen LogP contribution in [0.2, 0.25) is 5.02 Å². The Morgan fingerprint density at radius 1 is 1.26 bits per heavy atom. The van der Waals surface area contributed by atoms with Gasteiger partial charge in [0.2, 0.25) is 0 Å². The van der Waals surface area contributed by atoms with E-state index in [1.54, 1.807) is 6.20 Å². The molecule has 1 aliphatic heterocycles. The molecule has 1 aromatic heterocycles. The molecule has 2 amide bonds. The fourth-order valence-corrected chi connectivity index (χ4v) is 3.07. The maximum Gasteiger partial charge on any atom is 0.319 e. The molecule has 2 heterocycles. The summed E-state index contributed by atoms with van der Waals surface area (Å²) in [4.78, 5) is 18.6. The van der Waals surface area contributed by atoms with Gasteiger partial charge < -0.3 is 16.0 Å². The van der Waals surface area contributed by atoms with Gasteiger partial charge in [0.25, 0.3) is 0 Å². The van der Waals surface area contributed by atoms with E-state index in [0.29, 0.717) is 17.3 Å². The zero-order valence-electron chi connectivity index (χ0n) is 15.3. The van der Waals surface area contributed by atoms with Gasteiger partial charge in [0.05, 0.1) is 11.9 Å². The van der Waals surface area contributed by atoms with Gasteiger partial charge in [0.15, 0.2) is 0 Å². The normalized spacial score (nSPS) is 14.3. The van der Waals surface area contributed by atoms with E-state index in [9.17, 15) is 4.79 Å². The molecule has 8 heteroatoms. The molecule has 1 saturated heterocycles. The molecule has 0 saturated carbocycles. The van der Waals surface area contributed by atoms with Gasteiger partial charge in [-0.25, -0.2) is 4.79 Å². The number of hydrogen-bond acceptors (Lipinski definition) is 4. The minimum Gasteiger partial charge on any atom is -0.334 e. The van der Waals surface area contributed by atoms with Crippen molar-refractivity contribution in [1.29, 1.82) is 0 Å². The van der Waals surface area contributed by atoms with Gasteiger partial charge in [-0.15, -0.1) is 12.4 Å². The van der Waals surface area contributed by atoms with Gasteiger partial charge in [0, 0.05) is 50.0 Å². The Hall–Kier alpha value is -1.86. The molecule has 0 atom stereocenters. The molecule has 3 N–H and O–H groups in total. The predicted molar refractivity (Wildman–Crippen MR) is 112 cm³/mol. The van der Waals surface area contributed by atoms with Crippen molar-refractivity contribution in [1.82, 2.24) is 20.5 Å². The second-order valence-corrected chi connectivity index (χ2v) is 6.86. The number of carbonyl (C=O) groups is 1. The SMILES string of the molecule is Cc1ccc(NC(=O)NCc2cc(CN3CCNCC3)ccc2Cl)cn1.Cl. The van der Waals surface area contributed by atoms with Crippen molar-refractivity contribution in [3.05, 3.63) is 58.4 Å². The molecule has 0 unspecified atom stereocenters. The van der Waals surface area contributed by atoms with Gasteiger partial charge in [0.1, 0.15) is 0 Å². The molecule has 2 aromatic rings. The van der Waals surface area contributed by atoms with Gasteiger partial charge >= 0.3 is 6.03 Å². The number of halogens is 2. The zero-order valence-corrected chi connectivity index (χ0v) is 16.9. The minimum atomic E-state index is -0.278. The van der Waals surface area contributed by atoms with Crippen molar-refractivity contribution >= 4 is 35.7 Å². The summed E-state index contributed by atoms with van der Waals surface area (Å²) < 4.78 is 0. The summed E-state index contributed by atoms with van der Waals surface area (Å²) in [6.07, 6.45) is 1.63. The third-order valence-corrected chi connectivity index (χ3v) is 4.70. The van der Waals surface area contributed by atoms with Crippen molar-refractivity contribution in [2.75, 3.05) is 31.5 Å². The van der Waals surface area contributed by atoms with Gasteiger partial charge in [-0.05, 0) is 36.2 Å². The Balaban J connectivity index is 0.00000261. The van der Waals surface area contributed by atoms with E-state index in [0.717, 1.165) is 44.0 Å². The summed E-state index contributed by atoms with van der Waals surface area (Å²) in [5, 5.41) is 9.63. The van der Waals surface area contributed by atoms with Crippen molar-refractivity contribution in [3.8, 4) is 0 Å². The van der Waals surface area contributed by atoms with Crippen LogP contribution in [0.15, 0.2) is 36.5 Å². The Bertz CT molecular complexity index is 748. The zero-order chi connectivity index (χ0) is 18.4. The van der Waals surface area contributed by atoms with E-state index in [1.165, 1.54) is 5.56 Å². The molecule has 1 fully saturated rings. The molecule has 0 aliphatic carbocycles. The maximum absolute atomic E-state index is 12.1. The number of urea groups is 1. The lowest BCUT2D eigenvalue weighted by Gasteiger charge is -2.27. The number of pyridine rings is 1.